The Hall–Kier alpha value is -0.860. The Kier molecular flexibility index (Phi) is 7.86. The first-order valence-corrected chi connectivity index (χ1v) is 7.83. The van der Waals surface area contributed by atoms with Gasteiger partial charge >= 0.3 is 0 Å². The van der Waals surface area contributed by atoms with E-state index in [4.69, 9.17) is 4.74 Å². The molecule has 1 aromatic rings. The first-order chi connectivity index (χ1) is 9.57. The van der Waals surface area contributed by atoms with E-state index in [0.717, 1.165) is 19.7 Å². The monoisotopic (exact) mass is 277 g/mol. The van der Waals surface area contributed by atoms with E-state index < -0.39 is 0 Å². The van der Waals surface area contributed by atoms with Crippen LogP contribution in [0.2, 0.25) is 0 Å². The topological polar surface area (TPSA) is 21.3 Å². The summed E-state index contributed by atoms with van der Waals surface area (Å²) in [5.41, 5.74) is 7.43. The molecule has 114 valence electrons. The van der Waals surface area contributed by atoms with Crippen molar-refractivity contribution in [1.29, 1.82) is 0 Å². The van der Waals surface area contributed by atoms with E-state index in [9.17, 15) is 0 Å². The molecule has 0 aliphatic heterocycles. The summed E-state index contributed by atoms with van der Waals surface area (Å²) in [6.45, 7) is 11.9. The lowest BCUT2D eigenvalue weighted by atomic mass is 9.91. The fourth-order valence-electron chi connectivity index (χ4n) is 2.70. The number of hydrogen-bond donors (Lipinski definition) is 1. The zero-order chi connectivity index (χ0) is 15.0. The summed E-state index contributed by atoms with van der Waals surface area (Å²) < 4.78 is 5.01. The SMILES string of the molecule is COCCNCCCCCc1c(C)c(C)cc(C)c1C. The molecule has 1 rings (SSSR count). The quantitative estimate of drug-likeness (QED) is 0.692. The van der Waals surface area contributed by atoms with Crippen molar-refractivity contribution in [2.24, 2.45) is 0 Å². The average Bonchev–Trinajstić information content (AvgIpc) is 2.43. The summed E-state index contributed by atoms with van der Waals surface area (Å²) in [5, 5.41) is 3.40. The third kappa shape index (κ3) is 5.26. The third-order valence-corrected chi connectivity index (χ3v) is 4.28. The molecule has 0 heterocycles. The van der Waals surface area contributed by atoms with Gasteiger partial charge in [-0.15, -0.1) is 0 Å². The fourth-order valence-corrected chi connectivity index (χ4v) is 2.70. The van der Waals surface area contributed by atoms with Crippen molar-refractivity contribution in [3.8, 4) is 0 Å². The Morgan fingerprint density at radius 3 is 2.15 bits per heavy atom. The molecule has 0 aliphatic carbocycles. The molecule has 20 heavy (non-hydrogen) atoms. The van der Waals surface area contributed by atoms with E-state index >= 15 is 0 Å². The highest BCUT2D eigenvalue weighted by molar-refractivity contribution is 5.43. The number of hydrogen-bond acceptors (Lipinski definition) is 2. The highest BCUT2D eigenvalue weighted by Gasteiger charge is 2.07. The molecule has 0 bridgehead atoms. The van der Waals surface area contributed by atoms with Crippen molar-refractivity contribution in [1.82, 2.24) is 5.32 Å². The van der Waals surface area contributed by atoms with Gasteiger partial charge in [-0.25, -0.2) is 0 Å². The van der Waals surface area contributed by atoms with Crippen LogP contribution in [0.4, 0.5) is 0 Å². The molecule has 0 aliphatic rings. The highest BCUT2D eigenvalue weighted by Crippen LogP contribution is 2.23. The largest absolute Gasteiger partial charge is 0.383 e. The predicted octanol–water partition coefficient (Wildman–Crippen LogP) is 3.87. The van der Waals surface area contributed by atoms with Crippen molar-refractivity contribution in [2.75, 3.05) is 26.8 Å². The summed E-state index contributed by atoms with van der Waals surface area (Å²) in [4.78, 5) is 0. The molecular formula is C18H31NO. The summed E-state index contributed by atoms with van der Waals surface area (Å²) in [6.07, 6.45) is 5.06. The van der Waals surface area contributed by atoms with Crippen molar-refractivity contribution in [3.05, 3.63) is 33.9 Å². The van der Waals surface area contributed by atoms with Crippen LogP contribution in [0.25, 0.3) is 0 Å². The molecule has 0 aromatic heterocycles. The molecule has 2 nitrogen and oxygen atoms in total. The van der Waals surface area contributed by atoms with Crippen LogP contribution >= 0.6 is 0 Å². The van der Waals surface area contributed by atoms with Gasteiger partial charge in [0.1, 0.15) is 0 Å². The highest BCUT2D eigenvalue weighted by atomic mass is 16.5. The van der Waals surface area contributed by atoms with Crippen LogP contribution in [0, 0.1) is 27.7 Å². The molecule has 1 aromatic carbocycles. The van der Waals surface area contributed by atoms with Crippen LogP contribution in [0.3, 0.4) is 0 Å². The zero-order valence-electron chi connectivity index (χ0n) is 13.9. The minimum absolute atomic E-state index is 0.807. The van der Waals surface area contributed by atoms with E-state index in [1.54, 1.807) is 12.7 Å². The summed E-state index contributed by atoms with van der Waals surface area (Å²) in [6, 6.07) is 2.31. The Morgan fingerprint density at radius 2 is 1.55 bits per heavy atom. The summed E-state index contributed by atoms with van der Waals surface area (Å²) in [5.74, 6) is 0. The van der Waals surface area contributed by atoms with E-state index in [1.807, 2.05) is 0 Å². The number of ether oxygens (including phenoxy) is 1. The zero-order valence-corrected chi connectivity index (χ0v) is 13.9. The first-order valence-electron chi connectivity index (χ1n) is 7.83. The first kappa shape index (κ1) is 17.2. The Balaban J connectivity index is 2.32. The van der Waals surface area contributed by atoms with Gasteiger partial charge in [-0.1, -0.05) is 12.5 Å². The Morgan fingerprint density at radius 1 is 0.900 bits per heavy atom. The maximum absolute atomic E-state index is 5.01. The normalized spacial score (nSPS) is 11.1. The molecule has 0 spiro atoms. The van der Waals surface area contributed by atoms with Crippen LogP contribution < -0.4 is 5.32 Å². The smallest absolute Gasteiger partial charge is 0.0587 e. The molecular weight excluding hydrogens is 246 g/mol. The third-order valence-electron chi connectivity index (χ3n) is 4.28. The van der Waals surface area contributed by atoms with Gasteiger partial charge in [-0.3, -0.25) is 0 Å². The molecule has 1 N–H and O–H groups in total. The lowest BCUT2D eigenvalue weighted by Crippen LogP contribution is -2.20. The minimum atomic E-state index is 0.807. The maximum atomic E-state index is 5.01. The number of methoxy groups -OCH3 is 1. The van der Waals surface area contributed by atoms with E-state index in [2.05, 4.69) is 39.1 Å². The number of unbranched alkanes of at least 4 members (excludes halogenated alkanes) is 2. The van der Waals surface area contributed by atoms with Crippen molar-refractivity contribution < 1.29 is 4.74 Å². The van der Waals surface area contributed by atoms with E-state index in [1.165, 1.54) is 47.9 Å². The molecule has 0 saturated heterocycles. The van der Waals surface area contributed by atoms with Gasteiger partial charge < -0.3 is 10.1 Å². The van der Waals surface area contributed by atoms with Gasteiger partial charge in [0.25, 0.3) is 0 Å². The van der Waals surface area contributed by atoms with Gasteiger partial charge in [0.15, 0.2) is 0 Å². The molecule has 0 unspecified atom stereocenters. The molecule has 2 heteroatoms. The minimum Gasteiger partial charge on any atom is -0.383 e. The molecule has 0 fully saturated rings. The van der Waals surface area contributed by atoms with Crippen molar-refractivity contribution >= 4 is 0 Å². The molecule has 0 atom stereocenters. The predicted molar refractivity (Wildman–Crippen MR) is 87.7 cm³/mol. The Labute approximate surface area is 124 Å². The standard InChI is InChI=1S/C18H31NO/c1-14-13-15(2)17(4)18(16(14)3)9-7-6-8-10-19-11-12-20-5/h13,19H,6-12H2,1-5H3. The average molecular weight is 277 g/mol. The molecule has 0 radical (unpaired) electrons. The second kappa shape index (κ2) is 9.15. The van der Waals surface area contributed by atoms with Gasteiger partial charge in [-0.2, -0.15) is 0 Å². The van der Waals surface area contributed by atoms with E-state index in [0.29, 0.717) is 0 Å². The van der Waals surface area contributed by atoms with Crippen LogP contribution in [0.1, 0.15) is 47.1 Å². The second-order valence-corrected chi connectivity index (χ2v) is 5.79. The molecule has 0 saturated carbocycles. The second-order valence-electron chi connectivity index (χ2n) is 5.79. The van der Waals surface area contributed by atoms with Crippen LogP contribution in [-0.4, -0.2) is 26.8 Å². The Bertz CT molecular complexity index is 386. The van der Waals surface area contributed by atoms with Crippen LogP contribution in [-0.2, 0) is 11.2 Å². The summed E-state index contributed by atoms with van der Waals surface area (Å²) in [7, 11) is 1.75. The van der Waals surface area contributed by atoms with Gasteiger partial charge in [0.05, 0.1) is 6.61 Å². The van der Waals surface area contributed by atoms with Gasteiger partial charge in [-0.05, 0) is 81.3 Å². The number of aryl methyl sites for hydroxylation is 2. The van der Waals surface area contributed by atoms with Crippen molar-refractivity contribution in [2.45, 2.75) is 53.4 Å². The lowest BCUT2D eigenvalue weighted by Gasteiger charge is -2.15. The maximum Gasteiger partial charge on any atom is 0.0587 e. The lowest BCUT2D eigenvalue weighted by molar-refractivity contribution is 0.199. The number of benzene rings is 1. The summed E-state index contributed by atoms with van der Waals surface area (Å²) >= 11 is 0. The van der Waals surface area contributed by atoms with Crippen LogP contribution in [0.5, 0.6) is 0 Å². The van der Waals surface area contributed by atoms with Crippen molar-refractivity contribution in [3.63, 3.8) is 0 Å². The van der Waals surface area contributed by atoms with Gasteiger partial charge in [0.2, 0.25) is 0 Å². The number of rotatable bonds is 9. The number of nitrogens with one attached hydrogen (secondary N) is 1. The molecule has 0 amide bonds. The van der Waals surface area contributed by atoms with Gasteiger partial charge in [0, 0.05) is 13.7 Å². The van der Waals surface area contributed by atoms with Crippen LogP contribution in [0.15, 0.2) is 6.07 Å². The fraction of sp³-hybridized carbons (Fsp3) is 0.667. The van der Waals surface area contributed by atoms with E-state index in [-0.39, 0.29) is 0 Å².